The minimum absolute atomic E-state index is 0.0267. The lowest BCUT2D eigenvalue weighted by Gasteiger charge is -2.33. The van der Waals surface area contributed by atoms with Gasteiger partial charge in [0.25, 0.3) is 0 Å². The molecule has 0 saturated carbocycles. The van der Waals surface area contributed by atoms with Gasteiger partial charge in [-0.25, -0.2) is 9.59 Å². The average Bonchev–Trinajstić information content (AvgIpc) is 3.02. The number of amides is 4. The molecule has 2 aromatic rings. The summed E-state index contributed by atoms with van der Waals surface area (Å²) in [7, 11) is 0. The highest BCUT2D eigenvalue weighted by molar-refractivity contribution is 5.94. The highest BCUT2D eigenvalue weighted by Gasteiger charge is 2.36. The summed E-state index contributed by atoms with van der Waals surface area (Å²) in [6.07, 6.45) is 1.81. The Balaban J connectivity index is 1.76. The number of carbonyl (C=O) groups is 5. The Morgan fingerprint density at radius 3 is 2.11 bits per heavy atom. The van der Waals surface area contributed by atoms with Crippen molar-refractivity contribution in [1.82, 2.24) is 26.6 Å². The van der Waals surface area contributed by atoms with E-state index >= 15 is 0 Å². The predicted octanol–water partition coefficient (Wildman–Crippen LogP) is 0.484. The fourth-order valence-electron chi connectivity index (χ4n) is 4.84. The van der Waals surface area contributed by atoms with E-state index in [0.717, 1.165) is 5.56 Å². The van der Waals surface area contributed by atoms with Gasteiger partial charge in [0.2, 0.25) is 11.8 Å². The van der Waals surface area contributed by atoms with Gasteiger partial charge < -0.3 is 42.2 Å². The zero-order valence-electron chi connectivity index (χ0n) is 24.9. The van der Waals surface area contributed by atoms with Crippen LogP contribution in [0.2, 0.25) is 0 Å². The van der Waals surface area contributed by atoms with Crippen LogP contribution in [-0.4, -0.2) is 77.9 Å². The van der Waals surface area contributed by atoms with Gasteiger partial charge in [-0.3, -0.25) is 14.6 Å². The van der Waals surface area contributed by atoms with E-state index in [1.165, 1.54) is 0 Å². The van der Waals surface area contributed by atoms with Crippen molar-refractivity contribution in [3.63, 3.8) is 0 Å². The number of carboxylic acids is 1. The minimum Gasteiger partial charge on any atom is -0.480 e. The maximum atomic E-state index is 13.7. The molecule has 1 heterocycles. The molecule has 5 unspecified atom stereocenters. The van der Waals surface area contributed by atoms with Crippen molar-refractivity contribution >= 4 is 36.1 Å². The molecule has 13 heteroatoms. The molecule has 0 spiro atoms. The van der Waals surface area contributed by atoms with Crippen LogP contribution in [0, 0.1) is 5.92 Å². The number of carboxylic acid groups (broad SMARTS) is 1. The average molecular weight is 608 g/mol. The fourth-order valence-corrected chi connectivity index (χ4v) is 4.84. The van der Waals surface area contributed by atoms with Gasteiger partial charge in [-0.1, -0.05) is 80.9 Å². The lowest BCUT2D eigenvalue weighted by molar-refractivity contribution is -0.139. The van der Waals surface area contributed by atoms with Gasteiger partial charge in [-0.15, -0.1) is 0 Å². The van der Waals surface area contributed by atoms with E-state index in [0.29, 0.717) is 24.7 Å². The molecule has 0 radical (unpaired) electrons. The summed E-state index contributed by atoms with van der Waals surface area (Å²) in [6, 6.07) is 12.1. The molecule has 13 nitrogen and oxygen atoms in total. The fraction of sp³-hybridized carbons (Fsp3) is 0.419. The largest absolute Gasteiger partial charge is 0.480 e. The molecule has 236 valence electrons. The van der Waals surface area contributed by atoms with Gasteiger partial charge in [0.05, 0.1) is 12.1 Å². The molecule has 44 heavy (non-hydrogen) atoms. The van der Waals surface area contributed by atoms with Gasteiger partial charge >= 0.3 is 12.0 Å². The van der Waals surface area contributed by atoms with E-state index < -0.39 is 54.0 Å². The molecule has 0 bridgehead atoms. The Labute approximate surface area is 256 Å². The van der Waals surface area contributed by atoms with Crippen LogP contribution in [0.1, 0.15) is 37.8 Å². The standard InChI is InChI=1S/C31H41N7O6/c1-3-19(2)25(27(40)34-22(18-39)16-20-10-6-4-7-11-20)37-28(41)26(23-14-15-33-30(32)35-23)38-31(44)36-24(29(42)43)17-21-12-8-5-9-13-21/h4-13,18-19,22-26H,3,14-17H2,1-2H3,(H,34,40)(H,37,41)(H,42,43)(H3,32,33,35)(H2,36,38,44)/t19?,22?,23-,24?,25?,26?/m0/s1. The Hall–Kier alpha value is -4.94. The van der Waals surface area contributed by atoms with E-state index in [1.54, 1.807) is 37.3 Å². The highest BCUT2D eigenvalue weighted by atomic mass is 16.4. The van der Waals surface area contributed by atoms with Crippen LogP contribution < -0.4 is 32.3 Å². The molecule has 4 amide bonds. The lowest BCUT2D eigenvalue weighted by Crippen LogP contribution is -2.65. The maximum absolute atomic E-state index is 13.7. The summed E-state index contributed by atoms with van der Waals surface area (Å²) < 4.78 is 0. The number of guanidine groups is 1. The van der Waals surface area contributed by atoms with E-state index in [-0.39, 0.29) is 31.3 Å². The molecule has 1 aliphatic rings. The minimum atomic E-state index is -1.27. The molecule has 8 N–H and O–H groups in total. The molecule has 3 rings (SSSR count). The first-order valence-corrected chi connectivity index (χ1v) is 14.6. The molecule has 0 fully saturated rings. The third-order valence-corrected chi connectivity index (χ3v) is 7.50. The van der Waals surface area contributed by atoms with E-state index in [4.69, 9.17) is 5.73 Å². The normalized spacial score (nSPS) is 17.7. The second kappa shape index (κ2) is 16.6. The number of rotatable bonds is 15. The van der Waals surface area contributed by atoms with Crippen LogP contribution >= 0.6 is 0 Å². The monoisotopic (exact) mass is 607 g/mol. The number of nitrogens with two attached hydrogens (primary N) is 1. The zero-order valence-corrected chi connectivity index (χ0v) is 24.9. The summed E-state index contributed by atoms with van der Waals surface area (Å²) >= 11 is 0. The molecule has 6 atom stereocenters. The van der Waals surface area contributed by atoms with Crippen molar-refractivity contribution in [3.05, 3.63) is 71.8 Å². The van der Waals surface area contributed by atoms with Crippen molar-refractivity contribution in [2.24, 2.45) is 16.6 Å². The number of benzene rings is 2. The van der Waals surface area contributed by atoms with Crippen LogP contribution in [0.15, 0.2) is 65.7 Å². The van der Waals surface area contributed by atoms with Crippen LogP contribution in [0.4, 0.5) is 4.79 Å². The van der Waals surface area contributed by atoms with E-state index in [9.17, 15) is 29.1 Å². The number of carbonyl (C=O) groups excluding carboxylic acids is 4. The number of aldehydes is 1. The smallest absolute Gasteiger partial charge is 0.326 e. The lowest BCUT2D eigenvalue weighted by atomic mass is 9.96. The summed E-state index contributed by atoms with van der Waals surface area (Å²) in [4.78, 5) is 68.0. The molecule has 1 aliphatic heterocycles. The van der Waals surface area contributed by atoms with Crippen LogP contribution in [0.25, 0.3) is 0 Å². The van der Waals surface area contributed by atoms with Gasteiger partial charge in [0, 0.05) is 13.0 Å². The Kier molecular flexibility index (Phi) is 12.7. The Morgan fingerprint density at radius 1 is 0.955 bits per heavy atom. The van der Waals surface area contributed by atoms with Crippen molar-refractivity contribution in [2.45, 2.75) is 69.7 Å². The number of hydrogen-bond donors (Lipinski definition) is 7. The second-order valence-electron chi connectivity index (χ2n) is 10.8. The first kappa shape index (κ1) is 33.6. The van der Waals surface area contributed by atoms with E-state index in [2.05, 4.69) is 31.6 Å². The molecular weight excluding hydrogens is 566 g/mol. The van der Waals surface area contributed by atoms with Crippen molar-refractivity contribution in [3.8, 4) is 0 Å². The maximum Gasteiger partial charge on any atom is 0.326 e. The second-order valence-corrected chi connectivity index (χ2v) is 10.8. The summed E-state index contributed by atoms with van der Waals surface area (Å²) in [5.41, 5.74) is 7.42. The summed E-state index contributed by atoms with van der Waals surface area (Å²) in [6.45, 7) is 3.94. The SMILES string of the molecule is CCC(C)C(NC(=O)C(NC(=O)NC(Cc1ccccc1)C(=O)O)[C@@H]1CCN=C(N)N1)C(=O)NC(C=O)Cc1ccccc1. The van der Waals surface area contributed by atoms with Gasteiger partial charge in [0.15, 0.2) is 5.96 Å². The van der Waals surface area contributed by atoms with Crippen LogP contribution in [0.3, 0.4) is 0 Å². The van der Waals surface area contributed by atoms with Crippen molar-refractivity contribution in [1.29, 1.82) is 0 Å². The third kappa shape index (κ3) is 10.1. The van der Waals surface area contributed by atoms with Crippen LogP contribution in [0.5, 0.6) is 0 Å². The molecule has 0 aromatic heterocycles. The Bertz CT molecular complexity index is 1310. The summed E-state index contributed by atoms with van der Waals surface area (Å²) in [5.74, 6) is -2.72. The van der Waals surface area contributed by atoms with E-state index in [1.807, 2.05) is 37.3 Å². The summed E-state index contributed by atoms with van der Waals surface area (Å²) in [5, 5.41) is 23.1. The van der Waals surface area contributed by atoms with Gasteiger partial charge in [-0.05, 0) is 29.9 Å². The van der Waals surface area contributed by atoms with Gasteiger partial charge in [-0.2, -0.15) is 0 Å². The zero-order chi connectivity index (χ0) is 32.1. The number of urea groups is 1. The predicted molar refractivity (Wildman–Crippen MR) is 165 cm³/mol. The molecule has 0 aliphatic carbocycles. The number of aliphatic carboxylic acids is 1. The van der Waals surface area contributed by atoms with Crippen LogP contribution in [-0.2, 0) is 32.0 Å². The first-order chi connectivity index (χ1) is 21.1. The number of aliphatic imine (C=N–C) groups is 1. The topological polar surface area (TPSA) is 204 Å². The quantitative estimate of drug-likeness (QED) is 0.142. The first-order valence-electron chi connectivity index (χ1n) is 14.6. The molecule has 0 saturated heterocycles. The van der Waals surface area contributed by atoms with Gasteiger partial charge in [0.1, 0.15) is 24.4 Å². The number of hydrogen-bond acceptors (Lipinski definition) is 8. The molecule has 2 aromatic carbocycles. The van der Waals surface area contributed by atoms with Crippen molar-refractivity contribution in [2.75, 3.05) is 6.54 Å². The molecular formula is C31H41N7O6. The Morgan fingerprint density at radius 2 is 1.57 bits per heavy atom. The number of nitrogens with zero attached hydrogens (tertiary/aromatic N) is 1. The third-order valence-electron chi connectivity index (χ3n) is 7.50. The number of nitrogens with one attached hydrogen (secondary N) is 5. The van der Waals surface area contributed by atoms with Crippen molar-refractivity contribution < 1.29 is 29.1 Å². The highest BCUT2D eigenvalue weighted by Crippen LogP contribution is 2.12.